The van der Waals surface area contributed by atoms with Crippen LogP contribution in [-0.2, 0) is 16.0 Å². The van der Waals surface area contributed by atoms with Crippen LogP contribution in [0.15, 0.2) is 29.3 Å². The highest BCUT2D eigenvalue weighted by atomic mass is 127. The Morgan fingerprint density at radius 3 is 2.61 bits per heavy atom. The van der Waals surface area contributed by atoms with E-state index in [1.165, 1.54) is 24.1 Å². The lowest BCUT2D eigenvalue weighted by Gasteiger charge is -2.28. The Labute approximate surface area is 186 Å². The summed E-state index contributed by atoms with van der Waals surface area (Å²) in [7, 11) is 0. The summed E-state index contributed by atoms with van der Waals surface area (Å²) in [5, 5.41) is 6.71. The molecule has 2 fully saturated rings. The van der Waals surface area contributed by atoms with Crippen molar-refractivity contribution in [1.82, 2.24) is 10.6 Å². The predicted octanol–water partition coefficient (Wildman–Crippen LogP) is 3.01. The first-order valence-electron chi connectivity index (χ1n) is 10.4. The van der Waals surface area contributed by atoms with Crippen molar-refractivity contribution in [3.05, 3.63) is 29.8 Å². The van der Waals surface area contributed by atoms with Gasteiger partial charge in [-0.25, -0.2) is 4.99 Å². The smallest absolute Gasteiger partial charge is 0.191 e. The third-order valence-corrected chi connectivity index (χ3v) is 4.88. The molecule has 2 N–H and O–H groups in total. The molecule has 0 bridgehead atoms. The zero-order chi connectivity index (χ0) is 18.7. The van der Waals surface area contributed by atoms with Crippen LogP contribution in [0.5, 0.6) is 0 Å². The molecule has 1 heterocycles. The highest BCUT2D eigenvalue weighted by molar-refractivity contribution is 14.0. The van der Waals surface area contributed by atoms with Crippen molar-refractivity contribution >= 4 is 35.6 Å². The predicted molar refractivity (Wildman–Crippen MR) is 126 cm³/mol. The van der Waals surface area contributed by atoms with Crippen LogP contribution in [0.3, 0.4) is 0 Å². The lowest BCUT2D eigenvalue weighted by molar-refractivity contribution is 0.122. The second-order valence-electron chi connectivity index (χ2n) is 7.26. The molecule has 2 aliphatic rings. The summed E-state index contributed by atoms with van der Waals surface area (Å²) in [6.07, 6.45) is 3.71. The standard InChI is InChI=1S/C21H34N4O2.HI/c1-2-22-21(23-10-3-13-27-17-19-4-5-19)24-16-18-6-8-20(9-7-18)25-11-14-26-15-12-25;/h6-9,19H,2-5,10-17H2,1H3,(H2,22,23,24);1H. The molecule has 1 aliphatic heterocycles. The van der Waals surface area contributed by atoms with Crippen molar-refractivity contribution < 1.29 is 9.47 Å². The number of rotatable bonds is 10. The number of nitrogens with one attached hydrogen (secondary N) is 2. The normalized spacial score (nSPS) is 17.2. The largest absolute Gasteiger partial charge is 0.381 e. The van der Waals surface area contributed by atoms with Crippen molar-refractivity contribution in [2.24, 2.45) is 10.9 Å². The van der Waals surface area contributed by atoms with Gasteiger partial charge in [-0.2, -0.15) is 0 Å². The fourth-order valence-electron chi connectivity index (χ4n) is 3.06. The molecule has 6 nitrogen and oxygen atoms in total. The zero-order valence-electron chi connectivity index (χ0n) is 17.0. The second-order valence-corrected chi connectivity index (χ2v) is 7.26. The average molecular weight is 502 g/mol. The molecule has 0 radical (unpaired) electrons. The summed E-state index contributed by atoms with van der Waals surface area (Å²) < 4.78 is 11.1. The van der Waals surface area contributed by atoms with Gasteiger partial charge in [-0.3, -0.25) is 0 Å². The van der Waals surface area contributed by atoms with Crippen LogP contribution in [0.25, 0.3) is 0 Å². The maximum atomic E-state index is 5.68. The van der Waals surface area contributed by atoms with Gasteiger partial charge < -0.3 is 25.0 Å². The van der Waals surface area contributed by atoms with Gasteiger partial charge in [-0.1, -0.05) is 12.1 Å². The van der Waals surface area contributed by atoms with Crippen LogP contribution in [0.1, 0.15) is 31.7 Å². The number of aliphatic imine (C=N–C) groups is 1. The highest BCUT2D eigenvalue weighted by Crippen LogP contribution is 2.28. The first-order chi connectivity index (χ1) is 13.3. The van der Waals surface area contributed by atoms with Crippen LogP contribution >= 0.6 is 24.0 Å². The van der Waals surface area contributed by atoms with E-state index in [9.17, 15) is 0 Å². The van der Waals surface area contributed by atoms with Gasteiger partial charge in [0.15, 0.2) is 5.96 Å². The number of ether oxygens (including phenoxy) is 2. The number of guanidine groups is 1. The Morgan fingerprint density at radius 2 is 1.93 bits per heavy atom. The minimum atomic E-state index is 0. The maximum absolute atomic E-state index is 5.68. The fourth-order valence-corrected chi connectivity index (χ4v) is 3.06. The fraction of sp³-hybridized carbons (Fsp3) is 0.667. The number of morpholine rings is 1. The quantitative estimate of drug-likeness (QED) is 0.223. The highest BCUT2D eigenvalue weighted by Gasteiger charge is 2.20. The van der Waals surface area contributed by atoms with E-state index in [0.29, 0.717) is 6.54 Å². The second kappa shape index (κ2) is 13.2. The molecule has 1 aromatic rings. The monoisotopic (exact) mass is 502 g/mol. The lowest BCUT2D eigenvalue weighted by atomic mass is 10.2. The first-order valence-corrected chi connectivity index (χ1v) is 10.4. The van der Waals surface area contributed by atoms with Gasteiger partial charge in [-0.05, 0) is 49.8 Å². The molecule has 0 amide bonds. The number of hydrogen-bond donors (Lipinski definition) is 2. The van der Waals surface area contributed by atoms with Crippen LogP contribution in [-0.4, -0.2) is 58.6 Å². The molecule has 28 heavy (non-hydrogen) atoms. The summed E-state index contributed by atoms with van der Waals surface area (Å²) in [6, 6.07) is 8.72. The van der Waals surface area contributed by atoms with E-state index in [-0.39, 0.29) is 24.0 Å². The van der Waals surface area contributed by atoms with Crippen molar-refractivity contribution in [3.63, 3.8) is 0 Å². The van der Waals surface area contributed by atoms with Gasteiger partial charge in [0.1, 0.15) is 0 Å². The minimum absolute atomic E-state index is 0. The molecule has 1 aromatic carbocycles. The maximum Gasteiger partial charge on any atom is 0.191 e. The number of hydrogen-bond acceptors (Lipinski definition) is 4. The van der Waals surface area contributed by atoms with Crippen LogP contribution in [0.4, 0.5) is 5.69 Å². The first kappa shape index (κ1) is 23.2. The topological polar surface area (TPSA) is 58.1 Å². The van der Waals surface area contributed by atoms with Gasteiger partial charge in [0.25, 0.3) is 0 Å². The molecule has 0 aromatic heterocycles. The van der Waals surface area contributed by atoms with Crippen molar-refractivity contribution in [3.8, 4) is 0 Å². The molecule has 0 unspecified atom stereocenters. The summed E-state index contributed by atoms with van der Waals surface area (Å²) in [4.78, 5) is 7.07. The molecule has 1 saturated heterocycles. The molecule has 7 heteroatoms. The van der Waals surface area contributed by atoms with Crippen molar-refractivity contribution in [2.75, 3.05) is 57.5 Å². The Hall–Kier alpha value is -1.06. The van der Waals surface area contributed by atoms with Crippen molar-refractivity contribution in [2.45, 2.75) is 32.7 Å². The molecule has 3 rings (SSSR count). The molecule has 158 valence electrons. The Morgan fingerprint density at radius 1 is 1.18 bits per heavy atom. The SMILES string of the molecule is CCNC(=NCc1ccc(N2CCOCC2)cc1)NCCCOCC1CC1.I. The van der Waals surface area contributed by atoms with Crippen molar-refractivity contribution in [1.29, 1.82) is 0 Å². The lowest BCUT2D eigenvalue weighted by Crippen LogP contribution is -2.38. The van der Waals surface area contributed by atoms with E-state index in [1.54, 1.807) is 0 Å². The van der Waals surface area contributed by atoms with Gasteiger partial charge in [0.05, 0.1) is 19.8 Å². The molecular formula is C21H35IN4O2. The van der Waals surface area contributed by atoms with E-state index < -0.39 is 0 Å². The van der Waals surface area contributed by atoms with E-state index in [0.717, 1.165) is 70.9 Å². The van der Waals surface area contributed by atoms with Gasteiger partial charge in [-0.15, -0.1) is 24.0 Å². The van der Waals surface area contributed by atoms with E-state index in [2.05, 4.69) is 46.7 Å². The zero-order valence-corrected chi connectivity index (χ0v) is 19.3. The molecule has 0 atom stereocenters. The Bertz CT molecular complexity index is 572. The van der Waals surface area contributed by atoms with Gasteiger partial charge in [0.2, 0.25) is 0 Å². The summed E-state index contributed by atoms with van der Waals surface area (Å²) in [6.45, 7) is 9.84. The number of benzene rings is 1. The van der Waals surface area contributed by atoms with E-state index >= 15 is 0 Å². The molecule has 0 spiro atoms. The molecule has 1 saturated carbocycles. The number of anilines is 1. The number of nitrogens with zero attached hydrogens (tertiary/aromatic N) is 2. The summed E-state index contributed by atoms with van der Waals surface area (Å²) in [5.74, 6) is 1.71. The van der Waals surface area contributed by atoms with Gasteiger partial charge >= 0.3 is 0 Å². The number of halogens is 1. The van der Waals surface area contributed by atoms with E-state index in [4.69, 9.17) is 14.5 Å². The van der Waals surface area contributed by atoms with E-state index in [1.807, 2.05) is 0 Å². The Balaban J connectivity index is 0.00000280. The minimum Gasteiger partial charge on any atom is -0.381 e. The Kier molecular flexibility index (Phi) is 11.0. The third kappa shape index (κ3) is 8.53. The van der Waals surface area contributed by atoms with Crippen LogP contribution < -0.4 is 15.5 Å². The summed E-state index contributed by atoms with van der Waals surface area (Å²) >= 11 is 0. The van der Waals surface area contributed by atoms with Crippen LogP contribution in [0.2, 0.25) is 0 Å². The average Bonchev–Trinajstić information content (AvgIpc) is 3.54. The summed E-state index contributed by atoms with van der Waals surface area (Å²) in [5.41, 5.74) is 2.49. The van der Waals surface area contributed by atoms with Crippen LogP contribution in [0, 0.1) is 5.92 Å². The molecular weight excluding hydrogens is 467 g/mol. The van der Waals surface area contributed by atoms with Gasteiger partial charge in [0, 0.05) is 45.1 Å². The third-order valence-electron chi connectivity index (χ3n) is 4.88. The molecule has 1 aliphatic carbocycles.